The van der Waals surface area contributed by atoms with Crippen molar-refractivity contribution in [3.63, 3.8) is 0 Å². The summed E-state index contributed by atoms with van der Waals surface area (Å²) in [4.78, 5) is 30.4. The summed E-state index contributed by atoms with van der Waals surface area (Å²) >= 11 is 0. The molecule has 0 saturated carbocycles. The summed E-state index contributed by atoms with van der Waals surface area (Å²) in [5.74, 6) is 1.67. The van der Waals surface area contributed by atoms with Crippen LogP contribution in [0.15, 0.2) is 85.3 Å². The molecule has 1 N–H and O–H groups in total. The first-order valence-electron chi connectivity index (χ1n) is 11.3. The molecule has 0 bridgehead atoms. The van der Waals surface area contributed by atoms with Crippen molar-refractivity contribution >= 4 is 22.5 Å². The number of benzene rings is 2. The summed E-state index contributed by atoms with van der Waals surface area (Å²) in [6.07, 6.45) is 5.90. The lowest BCUT2D eigenvalue weighted by atomic mass is 10.1. The molecular weight excluding hydrogens is 438 g/mol. The van der Waals surface area contributed by atoms with E-state index >= 15 is 0 Å². The summed E-state index contributed by atoms with van der Waals surface area (Å²) in [5, 5.41) is 3.87. The van der Waals surface area contributed by atoms with E-state index in [0.29, 0.717) is 22.9 Å². The van der Waals surface area contributed by atoms with Crippen molar-refractivity contribution < 1.29 is 9.53 Å². The van der Waals surface area contributed by atoms with E-state index in [1.807, 2.05) is 74.5 Å². The highest BCUT2D eigenvalue weighted by molar-refractivity contribution is 6.06. The van der Waals surface area contributed by atoms with E-state index in [9.17, 15) is 4.79 Å². The van der Waals surface area contributed by atoms with Gasteiger partial charge in [0.2, 0.25) is 5.88 Å². The van der Waals surface area contributed by atoms with Crippen LogP contribution in [0.3, 0.4) is 0 Å². The standard InChI is InChI=1S/C28H23N5O2/c1-3-26-30-15-12-24(33-26)22-7-5-14-31-28(22)35-25-11-9-21(16-18(25)2)32-27(34)20-8-10-23-19(17-20)6-4-13-29-23/h4-17H,3H2,1-2H3,(H,32,34). The fraction of sp³-hybridized carbons (Fsp3) is 0.107. The smallest absolute Gasteiger partial charge is 0.255 e. The van der Waals surface area contributed by atoms with Gasteiger partial charge in [0.15, 0.2) is 0 Å². The van der Waals surface area contributed by atoms with Crippen molar-refractivity contribution in [1.29, 1.82) is 0 Å². The third kappa shape index (κ3) is 4.84. The molecule has 0 spiro atoms. The zero-order valence-corrected chi connectivity index (χ0v) is 19.4. The molecule has 5 aromatic rings. The minimum Gasteiger partial charge on any atom is -0.438 e. The number of rotatable bonds is 6. The summed E-state index contributed by atoms with van der Waals surface area (Å²) in [6, 6.07) is 20.4. The van der Waals surface area contributed by atoms with Gasteiger partial charge in [-0.05, 0) is 73.2 Å². The SMILES string of the molecule is CCc1nccc(-c2cccnc2Oc2ccc(NC(=O)c3ccc4ncccc4c3)cc2C)n1. The highest BCUT2D eigenvalue weighted by Gasteiger charge is 2.13. The predicted molar refractivity (Wildman–Crippen MR) is 136 cm³/mol. The summed E-state index contributed by atoms with van der Waals surface area (Å²) in [5.41, 5.74) is 4.50. The van der Waals surface area contributed by atoms with Crippen molar-refractivity contribution in [2.24, 2.45) is 0 Å². The van der Waals surface area contributed by atoms with Crippen LogP contribution in [0.1, 0.15) is 28.7 Å². The van der Waals surface area contributed by atoms with Crippen molar-refractivity contribution in [3.8, 4) is 22.9 Å². The third-order valence-electron chi connectivity index (χ3n) is 5.57. The summed E-state index contributed by atoms with van der Waals surface area (Å²) in [7, 11) is 0. The number of aromatic nitrogens is 4. The van der Waals surface area contributed by atoms with Gasteiger partial charge in [-0.2, -0.15) is 0 Å². The first-order chi connectivity index (χ1) is 17.1. The topological polar surface area (TPSA) is 89.9 Å². The van der Waals surface area contributed by atoms with Crippen LogP contribution in [0.2, 0.25) is 0 Å². The van der Waals surface area contributed by atoms with E-state index in [1.54, 1.807) is 24.7 Å². The molecule has 0 unspecified atom stereocenters. The first-order valence-corrected chi connectivity index (χ1v) is 11.3. The van der Waals surface area contributed by atoms with E-state index in [1.165, 1.54) is 0 Å². The number of aryl methyl sites for hydroxylation is 2. The predicted octanol–water partition coefficient (Wildman–Crippen LogP) is 6.00. The number of ether oxygens (including phenoxy) is 1. The molecule has 3 aromatic heterocycles. The van der Waals surface area contributed by atoms with Crippen molar-refractivity contribution in [2.75, 3.05) is 5.32 Å². The molecule has 7 heteroatoms. The van der Waals surface area contributed by atoms with E-state index in [4.69, 9.17) is 4.74 Å². The summed E-state index contributed by atoms with van der Waals surface area (Å²) < 4.78 is 6.17. The van der Waals surface area contributed by atoms with Crippen LogP contribution < -0.4 is 10.1 Å². The number of pyridine rings is 2. The van der Waals surface area contributed by atoms with Crippen molar-refractivity contribution in [1.82, 2.24) is 19.9 Å². The average molecular weight is 462 g/mol. The van der Waals surface area contributed by atoms with Gasteiger partial charge in [0.25, 0.3) is 5.91 Å². The van der Waals surface area contributed by atoms with Gasteiger partial charge in [-0.1, -0.05) is 13.0 Å². The number of fused-ring (bicyclic) bond motifs is 1. The van der Waals surface area contributed by atoms with E-state index in [0.717, 1.165) is 40.0 Å². The van der Waals surface area contributed by atoms with Crippen LogP contribution in [0.5, 0.6) is 11.6 Å². The van der Waals surface area contributed by atoms with Crippen LogP contribution in [-0.4, -0.2) is 25.8 Å². The average Bonchev–Trinajstić information content (AvgIpc) is 2.90. The van der Waals surface area contributed by atoms with Gasteiger partial charge < -0.3 is 10.1 Å². The van der Waals surface area contributed by atoms with Crippen molar-refractivity contribution in [2.45, 2.75) is 20.3 Å². The van der Waals surface area contributed by atoms with E-state index in [-0.39, 0.29) is 5.91 Å². The molecule has 172 valence electrons. The molecule has 0 fully saturated rings. The number of carbonyl (C=O) groups excluding carboxylic acids is 1. The highest BCUT2D eigenvalue weighted by Crippen LogP contribution is 2.32. The fourth-order valence-corrected chi connectivity index (χ4v) is 3.75. The zero-order valence-electron chi connectivity index (χ0n) is 19.4. The minimum absolute atomic E-state index is 0.189. The Kier molecular flexibility index (Phi) is 6.13. The zero-order chi connectivity index (χ0) is 24.2. The number of nitrogens with zero attached hydrogens (tertiary/aromatic N) is 4. The van der Waals surface area contributed by atoms with Gasteiger partial charge in [-0.3, -0.25) is 9.78 Å². The second kappa shape index (κ2) is 9.69. The molecule has 3 heterocycles. The van der Waals surface area contributed by atoms with Gasteiger partial charge in [0.05, 0.1) is 16.8 Å². The largest absolute Gasteiger partial charge is 0.438 e. The Morgan fingerprint density at radius 3 is 2.63 bits per heavy atom. The lowest BCUT2D eigenvalue weighted by molar-refractivity contribution is 0.102. The lowest BCUT2D eigenvalue weighted by Crippen LogP contribution is -2.12. The van der Waals surface area contributed by atoms with Gasteiger partial charge in [0.1, 0.15) is 11.6 Å². The molecular formula is C28H23N5O2. The van der Waals surface area contributed by atoms with Crippen LogP contribution in [0, 0.1) is 6.92 Å². The first kappa shape index (κ1) is 22.2. The maximum Gasteiger partial charge on any atom is 0.255 e. The quantitative estimate of drug-likeness (QED) is 0.333. The second-order valence-corrected chi connectivity index (χ2v) is 8.02. The molecule has 0 aliphatic rings. The number of anilines is 1. The molecule has 0 atom stereocenters. The number of nitrogens with one attached hydrogen (secondary N) is 1. The Balaban J connectivity index is 1.36. The minimum atomic E-state index is -0.189. The number of carbonyl (C=O) groups is 1. The maximum absolute atomic E-state index is 12.8. The molecule has 1 amide bonds. The van der Waals surface area contributed by atoms with Gasteiger partial charge in [-0.15, -0.1) is 0 Å². The molecule has 0 radical (unpaired) electrons. The van der Waals surface area contributed by atoms with E-state index < -0.39 is 0 Å². The number of amides is 1. The molecule has 7 nitrogen and oxygen atoms in total. The normalized spacial score (nSPS) is 10.8. The third-order valence-corrected chi connectivity index (χ3v) is 5.57. The Morgan fingerprint density at radius 1 is 0.914 bits per heavy atom. The Morgan fingerprint density at radius 2 is 1.77 bits per heavy atom. The maximum atomic E-state index is 12.8. The van der Waals surface area contributed by atoms with Crippen LogP contribution in [0.25, 0.3) is 22.2 Å². The Labute approximate surface area is 202 Å². The molecule has 2 aromatic carbocycles. The highest BCUT2D eigenvalue weighted by atomic mass is 16.5. The Bertz CT molecular complexity index is 1530. The molecule has 35 heavy (non-hydrogen) atoms. The van der Waals surface area contributed by atoms with Gasteiger partial charge in [0, 0.05) is 41.6 Å². The monoisotopic (exact) mass is 461 g/mol. The molecule has 0 aliphatic heterocycles. The summed E-state index contributed by atoms with van der Waals surface area (Å²) in [6.45, 7) is 3.94. The number of hydrogen-bond acceptors (Lipinski definition) is 6. The van der Waals surface area contributed by atoms with E-state index in [2.05, 4.69) is 25.3 Å². The lowest BCUT2D eigenvalue weighted by Gasteiger charge is -2.13. The van der Waals surface area contributed by atoms with Gasteiger partial charge in [-0.25, -0.2) is 15.0 Å². The van der Waals surface area contributed by atoms with Crippen LogP contribution >= 0.6 is 0 Å². The number of hydrogen-bond donors (Lipinski definition) is 1. The van der Waals surface area contributed by atoms with Gasteiger partial charge >= 0.3 is 0 Å². The van der Waals surface area contributed by atoms with Crippen LogP contribution in [-0.2, 0) is 6.42 Å². The fourth-order valence-electron chi connectivity index (χ4n) is 3.75. The Hall–Kier alpha value is -4.65. The van der Waals surface area contributed by atoms with Crippen molar-refractivity contribution in [3.05, 3.63) is 102 Å². The molecule has 0 saturated heterocycles. The second-order valence-electron chi connectivity index (χ2n) is 8.02. The van der Waals surface area contributed by atoms with Crippen LogP contribution in [0.4, 0.5) is 5.69 Å². The molecule has 5 rings (SSSR count). The molecule has 0 aliphatic carbocycles.